The molecule has 0 atom stereocenters. The van der Waals surface area contributed by atoms with Crippen molar-refractivity contribution >= 4 is 44.8 Å². The Kier molecular flexibility index (Phi) is 6.47. The molecule has 0 aliphatic carbocycles. The smallest absolute Gasteiger partial charge is 0.263 e. The zero-order valence-corrected chi connectivity index (χ0v) is 17.8. The van der Waals surface area contributed by atoms with Gasteiger partial charge < -0.3 is 5.32 Å². The Bertz CT molecular complexity index is 1150. The minimum Gasteiger partial charge on any atom is -0.348 e. The number of aryl methyl sites for hydroxylation is 1. The maximum atomic E-state index is 12.8. The van der Waals surface area contributed by atoms with E-state index < -0.39 is 15.9 Å². The van der Waals surface area contributed by atoms with Crippen LogP contribution >= 0.6 is 23.2 Å². The van der Waals surface area contributed by atoms with E-state index in [0.717, 1.165) is 11.1 Å². The van der Waals surface area contributed by atoms with E-state index in [0.29, 0.717) is 10.7 Å². The molecule has 150 valence electrons. The maximum absolute atomic E-state index is 12.8. The molecular weight excluding hydrogens is 431 g/mol. The van der Waals surface area contributed by atoms with E-state index in [2.05, 4.69) is 10.0 Å². The van der Waals surface area contributed by atoms with Crippen LogP contribution in [0, 0.1) is 6.92 Å². The minimum atomic E-state index is -3.97. The van der Waals surface area contributed by atoms with E-state index >= 15 is 0 Å². The third-order valence-corrected chi connectivity index (χ3v) is 6.42. The minimum absolute atomic E-state index is 0.0206. The van der Waals surface area contributed by atoms with Crippen LogP contribution in [0.1, 0.15) is 21.5 Å². The Morgan fingerprint density at radius 3 is 2.31 bits per heavy atom. The van der Waals surface area contributed by atoms with Gasteiger partial charge in [0, 0.05) is 22.8 Å². The number of halogens is 2. The highest BCUT2D eigenvalue weighted by Gasteiger charge is 2.20. The predicted molar refractivity (Wildman–Crippen MR) is 116 cm³/mol. The Morgan fingerprint density at radius 2 is 1.62 bits per heavy atom. The first-order chi connectivity index (χ1) is 13.8. The summed E-state index contributed by atoms with van der Waals surface area (Å²) in [5.41, 5.74) is 2.33. The molecule has 2 N–H and O–H groups in total. The number of amides is 1. The van der Waals surface area contributed by atoms with E-state index in [1.165, 1.54) is 18.2 Å². The van der Waals surface area contributed by atoms with Crippen molar-refractivity contribution in [3.8, 4) is 0 Å². The van der Waals surface area contributed by atoms with E-state index in [-0.39, 0.29) is 22.0 Å². The molecule has 1 amide bonds. The van der Waals surface area contributed by atoms with Gasteiger partial charge >= 0.3 is 0 Å². The molecule has 3 rings (SSSR count). The second kappa shape index (κ2) is 8.86. The molecular formula is C21H18Cl2N2O3S. The van der Waals surface area contributed by atoms with Crippen LogP contribution in [-0.2, 0) is 16.6 Å². The van der Waals surface area contributed by atoms with Crippen molar-refractivity contribution in [3.05, 3.63) is 93.5 Å². The lowest BCUT2D eigenvalue weighted by Crippen LogP contribution is -2.23. The fourth-order valence-electron chi connectivity index (χ4n) is 2.60. The van der Waals surface area contributed by atoms with Gasteiger partial charge in [-0.1, -0.05) is 59.1 Å². The van der Waals surface area contributed by atoms with Gasteiger partial charge in [0.1, 0.15) is 4.90 Å². The lowest BCUT2D eigenvalue weighted by Gasteiger charge is -2.12. The van der Waals surface area contributed by atoms with Crippen LogP contribution in [0.15, 0.2) is 71.6 Å². The lowest BCUT2D eigenvalue weighted by molar-refractivity contribution is 0.0950. The van der Waals surface area contributed by atoms with Crippen LogP contribution in [0.25, 0.3) is 0 Å². The number of rotatable bonds is 6. The molecule has 0 spiro atoms. The highest BCUT2D eigenvalue weighted by atomic mass is 35.5. The standard InChI is InChI=1S/C21H18Cl2N2O3S/c1-14-6-9-17(10-7-14)25-29(27,28)20-12-15(8-11-19(20)23)21(26)24-13-16-4-2-3-5-18(16)22/h2-12,25H,13H2,1H3,(H,24,26). The maximum Gasteiger partial charge on any atom is 0.263 e. The lowest BCUT2D eigenvalue weighted by atomic mass is 10.2. The summed E-state index contributed by atoms with van der Waals surface area (Å²) in [6.45, 7) is 2.12. The van der Waals surface area contributed by atoms with E-state index in [4.69, 9.17) is 23.2 Å². The summed E-state index contributed by atoms with van der Waals surface area (Å²) in [4.78, 5) is 12.3. The van der Waals surface area contributed by atoms with Crippen molar-refractivity contribution in [2.45, 2.75) is 18.4 Å². The number of carbonyl (C=O) groups excluding carboxylic acids is 1. The highest BCUT2D eigenvalue weighted by molar-refractivity contribution is 7.92. The third-order valence-electron chi connectivity index (χ3n) is 4.18. The molecule has 5 nitrogen and oxygen atoms in total. The molecule has 0 aromatic heterocycles. The van der Waals surface area contributed by atoms with E-state index in [9.17, 15) is 13.2 Å². The molecule has 3 aromatic rings. The predicted octanol–water partition coefficient (Wildman–Crippen LogP) is 5.03. The summed E-state index contributed by atoms with van der Waals surface area (Å²) >= 11 is 12.2. The molecule has 0 unspecified atom stereocenters. The summed E-state index contributed by atoms with van der Waals surface area (Å²) < 4.78 is 28.0. The van der Waals surface area contributed by atoms with Crippen LogP contribution in [0.3, 0.4) is 0 Å². The molecule has 3 aromatic carbocycles. The van der Waals surface area contributed by atoms with Gasteiger partial charge in [-0.05, 0) is 48.9 Å². The molecule has 0 radical (unpaired) electrons. The summed E-state index contributed by atoms with van der Waals surface area (Å²) in [7, 11) is -3.97. The average Bonchev–Trinajstić information content (AvgIpc) is 2.69. The van der Waals surface area contributed by atoms with Crippen LogP contribution in [0.5, 0.6) is 0 Å². The fourth-order valence-corrected chi connectivity index (χ4v) is 4.39. The monoisotopic (exact) mass is 448 g/mol. The normalized spacial score (nSPS) is 11.1. The van der Waals surface area contributed by atoms with Gasteiger partial charge in [0.25, 0.3) is 15.9 Å². The largest absolute Gasteiger partial charge is 0.348 e. The van der Waals surface area contributed by atoms with Gasteiger partial charge in [-0.25, -0.2) is 8.42 Å². The van der Waals surface area contributed by atoms with Crippen molar-refractivity contribution in [2.75, 3.05) is 4.72 Å². The number of anilines is 1. The Hall–Kier alpha value is -2.54. The quantitative estimate of drug-likeness (QED) is 0.554. The summed E-state index contributed by atoms with van der Waals surface area (Å²) in [6, 6.07) is 18.1. The zero-order chi connectivity index (χ0) is 21.0. The average molecular weight is 449 g/mol. The number of sulfonamides is 1. The molecule has 0 aliphatic heterocycles. The molecule has 0 bridgehead atoms. The Balaban J connectivity index is 1.80. The topological polar surface area (TPSA) is 75.3 Å². The second-order valence-electron chi connectivity index (χ2n) is 6.39. The molecule has 0 aliphatic rings. The molecule has 0 heterocycles. The third kappa shape index (κ3) is 5.29. The first kappa shape index (κ1) is 21.2. The van der Waals surface area contributed by atoms with Gasteiger partial charge in [0.2, 0.25) is 0 Å². The van der Waals surface area contributed by atoms with E-state index in [1.54, 1.807) is 42.5 Å². The van der Waals surface area contributed by atoms with Gasteiger partial charge in [-0.2, -0.15) is 0 Å². The fraction of sp³-hybridized carbons (Fsp3) is 0.0952. The molecule has 0 saturated heterocycles. The summed E-state index contributed by atoms with van der Waals surface area (Å²) in [5, 5.41) is 3.29. The van der Waals surface area contributed by atoms with Crippen molar-refractivity contribution in [1.82, 2.24) is 5.32 Å². The van der Waals surface area contributed by atoms with Gasteiger partial charge in [0.05, 0.1) is 5.02 Å². The van der Waals surface area contributed by atoms with Crippen LogP contribution in [0.4, 0.5) is 5.69 Å². The zero-order valence-electron chi connectivity index (χ0n) is 15.4. The van der Waals surface area contributed by atoms with Gasteiger partial charge in [0.15, 0.2) is 0 Å². The Morgan fingerprint density at radius 1 is 0.931 bits per heavy atom. The Labute approximate surface area is 179 Å². The summed E-state index contributed by atoms with van der Waals surface area (Å²) in [5.74, 6) is -0.437. The van der Waals surface area contributed by atoms with Crippen molar-refractivity contribution in [1.29, 1.82) is 0 Å². The second-order valence-corrected chi connectivity index (χ2v) is 8.86. The van der Waals surface area contributed by atoms with Gasteiger partial charge in [-0.3, -0.25) is 9.52 Å². The first-order valence-corrected chi connectivity index (χ1v) is 10.9. The van der Waals surface area contributed by atoms with Crippen molar-refractivity contribution in [2.24, 2.45) is 0 Å². The first-order valence-electron chi connectivity index (χ1n) is 8.67. The molecule has 0 fully saturated rings. The summed E-state index contributed by atoms with van der Waals surface area (Å²) in [6.07, 6.45) is 0. The van der Waals surface area contributed by atoms with Crippen molar-refractivity contribution in [3.63, 3.8) is 0 Å². The van der Waals surface area contributed by atoms with Crippen molar-refractivity contribution < 1.29 is 13.2 Å². The number of nitrogens with one attached hydrogen (secondary N) is 2. The molecule has 0 saturated carbocycles. The van der Waals surface area contributed by atoms with Crippen LogP contribution in [-0.4, -0.2) is 14.3 Å². The molecule has 8 heteroatoms. The van der Waals surface area contributed by atoms with E-state index in [1.807, 2.05) is 13.0 Å². The number of hydrogen-bond acceptors (Lipinski definition) is 3. The number of hydrogen-bond donors (Lipinski definition) is 2. The number of carbonyl (C=O) groups is 1. The highest BCUT2D eigenvalue weighted by Crippen LogP contribution is 2.25. The SMILES string of the molecule is Cc1ccc(NS(=O)(=O)c2cc(C(=O)NCc3ccccc3Cl)ccc2Cl)cc1. The van der Waals surface area contributed by atoms with Crippen LogP contribution < -0.4 is 10.0 Å². The number of benzene rings is 3. The van der Waals surface area contributed by atoms with Crippen LogP contribution in [0.2, 0.25) is 10.0 Å². The van der Waals surface area contributed by atoms with Gasteiger partial charge in [-0.15, -0.1) is 0 Å². The molecule has 29 heavy (non-hydrogen) atoms.